The molecule has 3 heteroatoms. The molecule has 0 amide bonds. The first kappa shape index (κ1) is 20.2. The van der Waals surface area contributed by atoms with Gasteiger partial charge in [0.15, 0.2) is 0 Å². The fraction of sp³-hybridized carbons (Fsp3) is 0.773. The highest BCUT2D eigenvalue weighted by Gasteiger charge is 2.46. The van der Waals surface area contributed by atoms with Crippen molar-refractivity contribution in [3.05, 3.63) is 23.8 Å². The Morgan fingerprint density at radius 2 is 1.96 bits per heavy atom. The van der Waals surface area contributed by atoms with Gasteiger partial charge in [0, 0.05) is 6.92 Å². The lowest BCUT2D eigenvalue weighted by molar-refractivity contribution is -0.145. The highest BCUT2D eigenvalue weighted by Crippen LogP contribution is 2.54. The molecular weight excluding hydrogens is 312 g/mol. The molecule has 0 aromatic carbocycles. The summed E-state index contributed by atoms with van der Waals surface area (Å²) in [5, 5.41) is 10.8. The molecule has 25 heavy (non-hydrogen) atoms. The van der Waals surface area contributed by atoms with Crippen molar-refractivity contribution >= 4 is 5.97 Å². The van der Waals surface area contributed by atoms with Crippen LogP contribution in [0.25, 0.3) is 0 Å². The highest BCUT2D eigenvalue weighted by molar-refractivity contribution is 5.66. The van der Waals surface area contributed by atoms with Gasteiger partial charge in [-0.3, -0.25) is 4.79 Å². The summed E-state index contributed by atoms with van der Waals surface area (Å²) in [7, 11) is 0. The first-order chi connectivity index (χ1) is 11.5. The Morgan fingerprint density at radius 1 is 1.28 bits per heavy atom. The van der Waals surface area contributed by atoms with Crippen molar-refractivity contribution in [1.82, 2.24) is 0 Å². The number of hydrogen-bond donors (Lipinski definition) is 1. The fourth-order valence-electron chi connectivity index (χ4n) is 4.93. The number of rotatable bonds is 2. The van der Waals surface area contributed by atoms with Crippen LogP contribution in [0.5, 0.6) is 0 Å². The molecule has 3 nitrogen and oxygen atoms in total. The molecule has 0 aromatic rings. The molecule has 0 aromatic heterocycles. The van der Waals surface area contributed by atoms with E-state index in [1.54, 1.807) is 0 Å². The Bertz CT molecular complexity index is 543. The summed E-state index contributed by atoms with van der Waals surface area (Å²) >= 11 is 0. The maximum Gasteiger partial charge on any atom is 0.303 e. The zero-order valence-electron chi connectivity index (χ0n) is 16.8. The predicted octanol–water partition coefficient (Wildman–Crippen LogP) is 5.04. The van der Waals surface area contributed by atoms with Crippen molar-refractivity contribution in [2.24, 2.45) is 23.2 Å². The Hall–Kier alpha value is -1.09. The normalized spacial score (nSPS) is 42.9. The van der Waals surface area contributed by atoms with Crippen LogP contribution in [0, 0.1) is 23.2 Å². The van der Waals surface area contributed by atoms with E-state index < -0.39 is 5.60 Å². The van der Waals surface area contributed by atoms with E-state index in [2.05, 4.69) is 39.8 Å². The number of aliphatic hydroxyl groups is 1. The summed E-state index contributed by atoms with van der Waals surface area (Å²) in [6.45, 7) is 12.4. The van der Waals surface area contributed by atoms with E-state index >= 15 is 0 Å². The summed E-state index contributed by atoms with van der Waals surface area (Å²) in [5.41, 5.74) is 0.440. The lowest BCUT2D eigenvalue weighted by Crippen LogP contribution is -2.31. The van der Waals surface area contributed by atoms with Gasteiger partial charge in [-0.05, 0) is 74.7 Å². The van der Waals surface area contributed by atoms with Gasteiger partial charge in [-0.15, -0.1) is 0 Å². The van der Waals surface area contributed by atoms with Crippen LogP contribution < -0.4 is 0 Å². The summed E-state index contributed by atoms with van der Waals surface area (Å²) < 4.78 is 5.55. The van der Waals surface area contributed by atoms with E-state index in [1.165, 1.54) is 19.8 Å². The maximum absolute atomic E-state index is 11.5. The van der Waals surface area contributed by atoms with E-state index in [9.17, 15) is 9.90 Å². The quantitative estimate of drug-likeness (QED) is 0.561. The minimum absolute atomic E-state index is 0.188. The number of esters is 1. The van der Waals surface area contributed by atoms with Crippen LogP contribution >= 0.6 is 0 Å². The molecule has 1 fully saturated rings. The van der Waals surface area contributed by atoms with E-state index in [4.69, 9.17) is 4.74 Å². The average Bonchev–Trinajstić information content (AvgIpc) is 2.83. The number of allylic oxidation sites excluding steroid dienone is 2. The van der Waals surface area contributed by atoms with Gasteiger partial charge in [-0.25, -0.2) is 0 Å². The number of fused-ring (bicyclic) bond motifs is 1. The van der Waals surface area contributed by atoms with Crippen molar-refractivity contribution in [2.45, 2.75) is 85.4 Å². The molecule has 2 rings (SSSR count). The second kappa shape index (κ2) is 7.65. The predicted molar refractivity (Wildman–Crippen MR) is 102 cm³/mol. The third-order valence-electron chi connectivity index (χ3n) is 6.57. The van der Waals surface area contributed by atoms with Crippen molar-refractivity contribution in [1.29, 1.82) is 0 Å². The molecule has 0 heterocycles. The summed E-state index contributed by atoms with van der Waals surface area (Å²) in [5.74, 6) is 1.55. The third kappa shape index (κ3) is 4.75. The Kier molecular flexibility index (Phi) is 6.19. The molecule has 0 spiro atoms. The molecule has 2 aliphatic rings. The molecule has 0 unspecified atom stereocenters. The SMILES string of the molecule is CC(=O)O[C@@H]1CC[C@@](C)(O)/C=C/[C@H]2CC[C@H](C(C)C)[C@]2(C)C/C=C\1C. The smallest absolute Gasteiger partial charge is 0.303 e. The first-order valence-corrected chi connectivity index (χ1v) is 9.81. The van der Waals surface area contributed by atoms with Gasteiger partial charge in [0.1, 0.15) is 6.10 Å². The number of carbonyl (C=O) groups is 1. The molecular formula is C22H36O3. The lowest BCUT2D eigenvalue weighted by Gasteiger charge is -2.38. The topological polar surface area (TPSA) is 46.5 Å². The largest absolute Gasteiger partial charge is 0.458 e. The van der Waals surface area contributed by atoms with Crippen LogP contribution in [0.3, 0.4) is 0 Å². The fourth-order valence-corrected chi connectivity index (χ4v) is 4.93. The number of ether oxygens (including phenoxy) is 1. The van der Waals surface area contributed by atoms with Crippen LogP contribution in [0.2, 0.25) is 0 Å². The van der Waals surface area contributed by atoms with Gasteiger partial charge in [0.2, 0.25) is 0 Å². The van der Waals surface area contributed by atoms with E-state index in [0.29, 0.717) is 30.6 Å². The van der Waals surface area contributed by atoms with Crippen LogP contribution in [0.4, 0.5) is 0 Å². The minimum atomic E-state index is -0.861. The van der Waals surface area contributed by atoms with Gasteiger partial charge in [-0.1, -0.05) is 39.0 Å². The Balaban J connectivity index is 2.39. The molecule has 142 valence electrons. The third-order valence-corrected chi connectivity index (χ3v) is 6.57. The molecule has 0 aliphatic heterocycles. The van der Waals surface area contributed by atoms with Crippen LogP contribution in [0.15, 0.2) is 23.8 Å². The summed E-state index contributed by atoms with van der Waals surface area (Å²) in [6.07, 6.45) is 11.0. The zero-order chi connectivity index (χ0) is 18.8. The standard InChI is InChI=1S/C22H36O3/c1-15(2)19-8-7-18-10-12-21(5,24)13-11-20(25-17(4)23)16(3)9-14-22(18,19)6/h9-10,12,15,18-20,24H,7-8,11,13-14H2,1-6H3/b12-10+,16-9-/t18-,19-,20-,21+,22-/m1/s1. The lowest BCUT2D eigenvalue weighted by atomic mass is 9.67. The highest BCUT2D eigenvalue weighted by atomic mass is 16.5. The van der Waals surface area contributed by atoms with Gasteiger partial charge in [0.25, 0.3) is 0 Å². The summed E-state index contributed by atoms with van der Waals surface area (Å²) in [4.78, 5) is 11.5. The molecule has 0 saturated heterocycles. The van der Waals surface area contributed by atoms with Gasteiger partial charge in [-0.2, -0.15) is 0 Å². The second-order valence-electron chi connectivity index (χ2n) is 9.05. The summed E-state index contributed by atoms with van der Waals surface area (Å²) in [6, 6.07) is 0. The number of carbonyl (C=O) groups excluding carboxylic acids is 1. The van der Waals surface area contributed by atoms with Crippen molar-refractivity contribution in [3.8, 4) is 0 Å². The molecule has 1 N–H and O–H groups in total. The maximum atomic E-state index is 11.5. The van der Waals surface area contributed by atoms with Gasteiger partial charge < -0.3 is 9.84 Å². The van der Waals surface area contributed by atoms with E-state index in [0.717, 1.165) is 12.0 Å². The molecule has 2 aliphatic carbocycles. The Labute approximate surface area is 153 Å². The Morgan fingerprint density at radius 3 is 2.56 bits per heavy atom. The van der Waals surface area contributed by atoms with Crippen LogP contribution in [-0.2, 0) is 9.53 Å². The minimum Gasteiger partial charge on any atom is -0.458 e. The molecule has 0 bridgehead atoms. The zero-order valence-corrected chi connectivity index (χ0v) is 16.8. The van der Waals surface area contributed by atoms with Crippen molar-refractivity contribution in [2.75, 3.05) is 0 Å². The monoisotopic (exact) mass is 348 g/mol. The average molecular weight is 349 g/mol. The van der Waals surface area contributed by atoms with Crippen molar-refractivity contribution in [3.63, 3.8) is 0 Å². The van der Waals surface area contributed by atoms with E-state index in [1.807, 2.05) is 13.0 Å². The van der Waals surface area contributed by atoms with Crippen LogP contribution in [-0.4, -0.2) is 22.8 Å². The molecule has 5 atom stereocenters. The van der Waals surface area contributed by atoms with Crippen LogP contribution in [0.1, 0.15) is 73.6 Å². The first-order valence-electron chi connectivity index (χ1n) is 9.81. The van der Waals surface area contributed by atoms with E-state index in [-0.39, 0.29) is 17.5 Å². The van der Waals surface area contributed by atoms with Crippen molar-refractivity contribution < 1.29 is 14.6 Å². The second-order valence-corrected chi connectivity index (χ2v) is 9.05. The number of hydrogen-bond acceptors (Lipinski definition) is 3. The molecule has 0 radical (unpaired) electrons. The van der Waals surface area contributed by atoms with Gasteiger partial charge >= 0.3 is 5.97 Å². The molecule has 1 saturated carbocycles. The van der Waals surface area contributed by atoms with Gasteiger partial charge in [0.05, 0.1) is 5.60 Å².